The van der Waals surface area contributed by atoms with Crippen molar-refractivity contribution in [2.75, 3.05) is 0 Å². The predicted molar refractivity (Wildman–Crippen MR) is 71.3 cm³/mol. The largest absolute Gasteiger partial charge is 0.370 e. The molecule has 2 aromatic rings. The maximum Gasteiger partial charge on any atom is 0.193 e. The Balaban J connectivity index is 2.02. The highest BCUT2D eigenvalue weighted by molar-refractivity contribution is 7.15. The molecule has 0 radical (unpaired) electrons. The lowest BCUT2D eigenvalue weighted by Crippen LogP contribution is -2.44. The second kappa shape index (κ2) is 4.37. The lowest BCUT2D eigenvalue weighted by Gasteiger charge is -2.20. The molecule has 3 N–H and O–H groups in total. The molecule has 0 atom stereocenters. The van der Waals surface area contributed by atoms with Crippen LogP contribution in [0.5, 0.6) is 0 Å². The van der Waals surface area contributed by atoms with E-state index in [4.69, 9.17) is 5.73 Å². The van der Waals surface area contributed by atoms with Gasteiger partial charge in [0.25, 0.3) is 0 Å². The van der Waals surface area contributed by atoms with Crippen LogP contribution in [-0.4, -0.2) is 20.9 Å². The fourth-order valence-corrected chi connectivity index (χ4v) is 2.16. The van der Waals surface area contributed by atoms with Gasteiger partial charge in [-0.2, -0.15) is 0 Å². The van der Waals surface area contributed by atoms with E-state index in [0.717, 1.165) is 10.7 Å². The number of nitrogens with one attached hydrogen (secondary N) is 1. The van der Waals surface area contributed by atoms with Gasteiger partial charge < -0.3 is 11.1 Å². The van der Waals surface area contributed by atoms with Gasteiger partial charge in [0.15, 0.2) is 10.9 Å². The summed E-state index contributed by atoms with van der Waals surface area (Å²) in [7, 11) is 0. The van der Waals surface area contributed by atoms with Crippen molar-refractivity contribution in [1.82, 2.24) is 14.7 Å². The molecule has 0 saturated carbocycles. The van der Waals surface area contributed by atoms with Crippen LogP contribution in [0.3, 0.4) is 0 Å². The van der Waals surface area contributed by atoms with Crippen molar-refractivity contribution in [2.24, 2.45) is 10.7 Å². The first kappa shape index (κ1) is 11.9. The Morgan fingerprint density at radius 3 is 3.00 bits per heavy atom. The molecule has 0 aliphatic rings. The first-order valence-corrected chi connectivity index (χ1v) is 6.31. The molecule has 0 fully saturated rings. The highest BCUT2D eigenvalue weighted by Crippen LogP contribution is 2.11. The highest BCUT2D eigenvalue weighted by Gasteiger charge is 2.09. The number of rotatable bonds is 2. The number of imidazole rings is 1. The Bertz CT molecular complexity index is 503. The van der Waals surface area contributed by atoms with Gasteiger partial charge in [0.2, 0.25) is 0 Å². The summed E-state index contributed by atoms with van der Waals surface area (Å²) in [6, 6.07) is 0. The van der Waals surface area contributed by atoms with Crippen molar-refractivity contribution in [3.05, 3.63) is 23.5 Å². The van der Waals surface area contributed by atoms with Gasteiger partial charge >= 0.3 is 0 Å². The minimum absolute atomic E-state index is 0.0673. The maximum absolute atomic E-state index is 5.78. The van der Waals surface area contributed by atoms with Gasteiger partial charge in [0, 0.05) is 23.3 Å². The monoisotopic (exact) mass is 251 g/mol. The first-order chi connectivity index (χ1) is 7.94. The van der Waals surface area contributed by atoms with Crippen molar-refractivity contribution >= 4 is 22.3 Å². The first-order valence-electron chi connectivity index (χ1n) is 5.43. The van der Waals surface area contributed by atoms with Crippen LogP contribution in [0.25, 0.3) is 4.96 Å². The molecule has 17 heavy (non-hydrogen) atoms. The van der Waals surface area contributed by atoms with Crippen LogP contribution in [-0.2, 0) is 6.54 Å². The second-order valence-corrected chi connectivity index (χ2v) is 5.77. The van der Waals surface area contributed by atoms with E-state index in [0.29, 0.717) is 12.5 Å². The molecule has 2 aromatic heterocycles. The summed E-state index contributed by atoms with van der Waals surface area (Å²) in [6.07, 6.45) is 3.96. The van der Waals surface area contributed by atoms with Crippen molar-refractivity contribution in [3.63, 3.8) is 0 Å². The lowest BCUT2D eigenvalue weighted by atomic mass is 10.1. The summed E-state index contributed by atoms with van der Waals surface area (Å²) in [5, 5.41) is 5.12. The van der Waals surface area contributed by atoms with Gasteiger partial charge in [-0.05, 0) is 20.8 Å². The lowest BCUT2D eigenvalue weighted by molar-refractivity contribution is 0.508. The summed E-state index contributed by atoms with van der Waals surface area (Å²) in [5.74, 6) is 0.453. The van der Waals surface area contributed by atoms with Gasteiger partial charge in [-0.3, -0.25) is 4.40 Å². The van der Waals surface area contributed by atoms with Crippen molar-refractivity contribution in [2.45, 2.75) is 32.9 Å². The molecule has 0 aliphatic heterocycles. The molecule has 5 nitrogen and oxygen atoms in total. The fourth-order valence-electron chi connectivity index (χ4n) is 1.44. The Morgan fingerprint density at radius 1 is 1.59 bits per heavy atom. The zero-order chi connectivity index (χ0) is 12.5. The average Bonchev–Trinajstić information content (AvgIpc) is 2.70. The molecule has 0 aromatic carbocycles. The summed E-state index contributed by atoms with van der Waals surface area (Å²) in [5.41, 5.74) is 6.64. The molecule has 92 valence electrons. The molecule has 0 unspecified atom stereocenters. The second-order valence-electron chi connectivity index (χ2n) is 4.90. The zero-order valence-corrected chi connectivity index (χ0v) is 11.1. The summed E-state index contributed by atoms with van der Waals surface area (Å²) < 4.78 is 1.99. The molecular formula is C11H17N5S. The van der Waals surface area contributed by atoms with E-state index in [1.807, 2.05) is 42.9 Å². The van der Waals surface area contributed by atoms with Gasteiger partial charge in [0.1, 0.15) is 0 Å². The quantitative estimate of drug-likeness (QED) is 0.629. The van der Waals surface area contributed by atoms with Gasteiger partial charge in [-0.25, -0.2) is 9.98 Å². The molecule has 0 spiro atoms. The topological polar surface area (TPSA) is 67.7 Å². The Morgan fingerprint density at radius 2 is 2.35 bits per heavy atom. The van der Waals surface area contributed by atoms with E-state index in [1.165, 1.54) is 0 Å². The van der Waals surface area contributed by atoms with Crippen molar-refractivity contribution < 1.29 is 0 Å². The standard InChI is InChI=1S/C11H17N5S/c1-11(2,3)15-9(12)13-6-8-7-16-4-5-17-10(16)14-8/h4-5,7H,6H2,1-3H3,(H3,12,13,15). The Kier molecular flexibility index (Phi) is 3.06. The van der Waals surface area contributed by atoms with Crippen molar-refractivity contribution in [3.8, 4) is 0 Å². The average molecular weight is 251 g/mol. The predicted octanol–water partition coefficient (Wildman–Crippen LogP) is 1.60. The number of thiazole rings is 1. The maximum atomic E-state index is 5.78. The van der Waals surface area contributed by atoms with Crippen LogP contribution < -0.4 is 11.1 Å². The molecule has 0 saturated heterocycles. The molecular weight excluding hydrogens is 234 g/mol. The Labute approximate surface area is 104 Å². The van der Waals surface area contributed by atoms with Gasteiger partial charge in [-0.15, -0.1) is 11.3 Å². The van der Waals surface area contributed by atoms with Gasteiger partial charge in [-0.1, -0.05) is 0 Å². The van der Waals surface area contributed by atoms with Gasteiger partial charge in [0.05, 0.1) is 12.2 Å². The third-order valence-corrected chi connectivity index (χ3v) is 2.83. The number of nitrogens with two attached hydrogens (primary N) is 1. The van der Waals surface area contributed by atoms with Crippen molar-refractivity contribution in [1.29, 1.82) is 0 Å². The minimum Gasteiger partial charge on any atom is -0.370 e. The molecule has 2 rings (SSSR count). The number of aliphatic imine (C=N–C) groups is 1. The van der Waals surface area contributed by atoms with Crippen LogP contribution in [0.1, 0.15) is 26.5 Å². The molecule has 2 heterocycles. The Hall–Kier alpha value is -1.56. The number of hydrogen-bond acceptors (Lipinski definition) is 3. The van der Waals surface area contributed by atoms with Crippen LogP contribution in [0.15, 0.2) is 22.8 Å². The van der Waals surface area contributed by atoms with Crippen LogP contribution in [0.4, 0.5) is 0 Å². The molecule has 0 bridgehead atoms. The molecule has 6 heteroatoms. The number of aromatic nitrogens is 2. The van der Waals surface area contributed by atoms with E-state index < -0.39 is 0 Å². The zero-order valence-electron chi connectivity index (χ0n) is 10.3. The van der Waals surface area contributed by atoms with E-state index in [1.54, 1.807) is 11.3 Å². The van der Waals surface area contributed by atoms with Crippen LogP contribution in [0, 0.1) is 0 Å². The number of guanidine groups is 1. The van der Waals surface area contributed by atoms with E-state index in [9.17, 15) is 0 Å². The summed E-state index contributed by atoms with van der Waals surface area (Å²) >= 11 is 1.61. The van der Waals surface area contributed by atoms with E-state index in [-0.39, 0.29) is 5.54 Å². The number of nitrogens with zero attached hydrogens (tertiary/aromatic N) is 3. The normalized spacial score (nSPS) is 13.2. The summed E-state index contributed by atoms with van der Waals surface area (Å²) in [6.45, 7) is 6.63. The molecule has 0 aliphatic carbocycles. The fraction of sp³-hybridized carbons (Fsp3) is 0.455. The summed E-state index contributed by atoms with van der Waals surface area (Å²) in [4.78, 5) is 9.68. The van der Waals surface area contributed by atoms with Crippen LogP contribution >= 0.6 is 11.3 Å². The van der Waals surface area contributed by atoms with E-state index in [2.05, 4.69) is 15.3 Å². The number of hydrogen-bond donors (Lipinski definition) is 2. The van der Waals surface area contributed by atoms with Crippen LogP contribution in [0.2, 0.25) is 0 Å². The van der Waals surface area contributed by atoms with E-state index >= 15 is 0 Å². The molecule has 0 amide bonds. The smallest absolute Gasteiger partial charge is 0.193 e. The minimum atomic E-state index is -0.0673. The third kappa shape index (κ3) is 3.20. The SMILES string of the molecule is CC(C)(C)NC(N)=NCc1cn2ccsc2n1. The number of fused-ring (bicyclic) bond motifs is 1. The highest BCUT2D eigenvalue weighted by atomic mass is 32.1. The third-order valence-electron chi connectivity index (χ3n) is 2.06.